The molecule has 0 saturated heterocycles. The van der Waals surface area contributed by atoms with Crippen molar-refractivity contribution in [2.45, 2.75) is 6.42 Å². The van der Waals surface area contributed by atoms with Crippen molar-refractivity contribution in [3.05, 3.63) is 69.8 Å². The number of carbonyl (C=O) groups is 1. The van der Waals surface area contributed by atoms with Crippen LogP contribution in [0.4, 0.5) is 0 Å². The fourth-order valence-corrected chi connectivity index (χ4v) is 2.80. The van der Waals surface area contributed by atoms with Gasteiger partial charge in [-0.15, -0.1) is 0 Å². The summed E-state index contributed by atoms with van der Waals surface area (Å²) < 4.78 is 0. The van der Waals surface area contributed by atoms with E-state index >= 15 is 0 Å². The zero-order chi connectivity index (χ0) is 15.5. The zero-order valence-corrected chi connectivity index (χ0v) is 13.2. The number of halogens is 2. The summed E-state index contributed by atoms with van der Waals surface area (Å²) in [5, 5.41) is 5.13. The van der Waals surface area contributed by atoms with E-state index in [0.717, 1.165) is 22.9 Å². The van der Waals surface area contributed by atoms with Gasteiger partial charge in [-0.3, -0.25) is 4.79 Å². The van der Waals surface area contributed by atoms with Crippen molar-refractivity contribution in [1.29, 1.82) is 0 Å². The molecule has 0 spiro atoms. The molecule has 0 radical (unpaired) electrons. The molecule has 1 heterocycles. The van der Waals surface area contributed by atoms with Crippen molar-refractivity contribution in [3.8, 4) is 0 Å². The third-order valence-corrected chi connectivity index (χ3v) is 4.09. The van der Waals surface area contributed by atoms with E-state index in [1.807, 2.05) is 24.4 Å². The van der Waals surface area contributed by atoms with Gasteiger partial charge in [0.15, 0.2) is 0 Å². The Morgan fingerprint density at radius 3 is 2.77 bits per heavy atom. The summed E-state index contributed by atoms with van der Waals surface area (Å²) in [5.74, 6) is -0.163. The molecule has 0 aliphatic heterocycles. The Morgan fingerprint density at radius 2 is 1.95 bits per heavy atom. The van der Waals surface area contributed by atoms with E-state index < -0.39 is 0 Å². The van der Waals surface area contributed by atoms with Crippen LogP contribution < -0.4 is 5.32 Å². The molecule has 3 rings (SSSR count). The molecule has 0 bridgehead atoms. The number of hydrogen-bond donors (Lipinski definition) is 2. The van der Waals surface area contributed by atoms with Gasteiger partial charge in [0.1, 0.15) is 0 Å². The van der Waals surface area contributed by atoms with Crippen molar-refractivity contribution in [3.63, 3.8) is 0 Å². The molecule has 5 heteroatoms. The van der Waals surface area contributed by atoms with E-state index in [2.05, 4.69) is 10.3 Å². The lowest BCUT2D eigenvalue weighted by molar-refractivity contribution is 0.0954. The quantitative estimate of drug-likeness (QED) is 0.728. The molecule has 0 aliphatic carbocycles. The molecule has 22 heavy (non-hydrogen) atoms. The number of rotatable bonds is 4. The van der Waals surface area contributed by atoms with Crippen LogP contribution >= 0.6 is 23.2 Å². The Labute approximate surface area is 138 Å². The first-order valence-electron chi connectivity index (χ1n) is 6.93. The highest BCUT2D eigenvalue weighted by molar-refractivity contribution is 6.33. The number of carbonyl (C=O) groups excluding carboxylic acids is 1. The number of aromatic amines is 1. The summed E-state index contributed by atoms with van der Waals surface area (Å²) in [6.07, 6.45) is 2.67. The van der Waals surface area contributed by atoms with Gasteiger partial charge < -0.3 is 10.3 Å². The van der Waals surface area contributed by atoms with Crippen molar-refractivity contribution < 1.29 is 4.79 Å². The normalized spacial score (nSPS) is 10.8. The van der Waals surface area contributed by atoms with Crippen LogP contribution in [0.15, 0.2) is 48.7 Å². The van der Waals surface area contributed by atoms with E-state index in [-0.39, 0.29) is 5.91 Å². The predicted octanol–water partition coefficient (Wildman–Crippen LogP) is 4.45. The smallest absolute Gasteiger partial charge is 0.252 e. The number of fused-ring (bicyclic) bond motifs is 1. The molecule has 0 unspecified atom stereocenters. The van der Waals surface area contributed by atoms with Gasteiger partial charge in [0, 0.05) is 28.7 Å². The highest BCUT2D eigenvalue weighted by Gasteiger charge is 2.09. The van der Waals surface area contributed by atoms with Crippen LogP contribution in [0.5, 0.6) is 0 Å². The van der Waals surface area contributed by atoms with Crippen molar-refractivity contribution in [2.24, 2.45) is 0 Å². The molecule has 1 amide bonds. The maximum atomic E-state index is 12.1. The van der Waals surface area contributed by atoms with E-state index in [1.54, 1.807) is 24.3 Å². The average molecular weight is 333 g/mol. The second-order valence-corrected chi connectivity index (χ2v) is 5.83. The molecular weight excluding hydrogens is 319 g/mol. The average Bonchev–Trinajstić information content (AvgIpc) is 2.90. The Kier molecular flexibility index (Phi) is 4.36. The standard InChI is InChI=1S/C17H14Cl2N2O/c18-12-5-6-16-14(9-12)11(10-21-16)7-8-20-17(22)13-3-1-2-4-15(13)19/h1-6,9-10,21H,7-8H2,(H,20,22). The maximum Gasteiger partial charge on any atom is 0.252 e. The third kappa shape index (κ3) is 3.11. The maximum absolute atomic E-state index is 12.1. The first kappa shape index (κ1) is 14.9. The number of benzene rings is 2. The van der Waals surface area contributed by atoms with E-state index in [9.17, 15) is 4.79 Å². The molecule has 2 N–H and O–H groups in total. The summed E-state index contributed by atoms with van der Waals surface area (Å²) in [5.41, 5.74) is 2.65. The number of aromatic nitrogens is 1. The largest absolute Gasteiger partial charge is 0.361 e. The summed E-state index contributed by atoms with van der Waals surface area (Å²) in [6, 6.07) is 12.7. The van der Waals surface area contributed by atoms with E-state index in [0.29, 0.717) is 22.2 Å². The van der Waals surface area contributed by atoms with Gasteiger partial charge in [0.05, 0.1) is 10.6 Å². The molecule has 0 atom stereocenters. The van der Waals surface area contributed by atoms with Crippen LogP contribution in [0.3, 0.4) is 0 Å². The van der Waals surface area contributed by atoms with Gasteiger partial charge in [0.25, 0.3) is 5.91 Å². The van der Waals surface area contributed by atoms with Gasteiger partial charge in [-0.05, 0) is 42.3 Å². The monoisotopic (exact) mass is 332 g/mol. The highest BCUT2D eigenvalue weighted by Crippen LogP contribution is 2.22. The molecule has 2 aromatic carbocycles. The molecule has 112 valence electrons. The first-order chi connectivity index (χ1) is 10.6. The predicted molar refractivity (Wildman–Crippen MR) is 90.8 cm³/mol. The number of hydrogen-bond acceptors (Lipinski definition) is 1. The fraction of sp³-hybridized carbons (Fsp3) is 0.118. The van der Waals surface area contributed by atoms with Crippen molar-refractivity contribution in [2.75, 3.05) is 6.54 Å². The number of nitrogens with one attached hydrogen (secondary N) is 2. The Balaban J connectivity index is 1.66. The minimum Gasteiger partial charge on any atom is -0.361 e. The topological polar surface area (TPSA) is 44.9 Å². The summed E-state index contributed by atoms with van der Waals surface area (Å²) in [4.78, 5) is 15.3. The lowest BCUT2D eigenvalue weighted by Crippen LogP contribution is -2.25. The van der Waals surface area contributed by atoms with Crippen LogP contribution in [-0.2, 0) is 6.42 Å². The van der Waals surface area contributed by atoms with Gasteiger partial charge in [-0.1, -0.05) is 35.3 Å². The van der Waals surface area contributed by atoms with Crippen LogP contribution in [0, 0.1) is 0 Å². The fourth-order valence-electron chi connectivity index (χ4n) is 2.41. The van der Waals surface area contributed by atoms with Crippen molar-refractivity contribution >= 4 is 40.0 Å². The third-order valence-electron chi connectivity index (χ3n) is 3.53. The molecule has 3 aromatic rings. The van der Waals surface area contributed by atoms with Crippen molar-refractivity contribution in [1.82, 2.24) is 10.3 Å². The Hall–Kier alpha value is -1.97. The van der Waals surface area contributed by atoms with Crippen LogP contribution in [0.25, 0.3) is 10.9 Å². The van der Waals surface area contributed by atoms with E-state index in [1.165, 1.54) is 0 Å². The number of H-pyrrole nitrogens is 1. The van der Waals surface area contributed by atoms with Gasteiger partial charge in [-0.25, -0.2) is 0 Å². The van der Waals surface area contributed by atoms with Gasteiger partial charge >= 0.3 is 0 Å². The minimum absolute atomic E-state index is 0.163. The van der Waals surface area contributed by atoms with Crippen LogP contribution in [0.2, 0.25) is 10.0 Å². The first-order valence-corrected chi connectivity index (χ1v) is 7.69. The van der Waals surface area contributed by atoms with Crippen LogP contribution in [-0.4, -0.2) is 17.4 Å². The molecule has 1 aromatic heterocycles. The van der Waals surface area contributed by atoms with Crippen LogP contribution in [0.1, 0.15) is 15.9 Å². The second kappa shape index (κ2) is 6.42. The molecular formula is C17H14Cl2N2O. The lowest BCUT2D eigenvalue weighted by Gasteiger charge is -2.06. The SMILES string of the molecule is O=C(NCCc1c[nH]c2ccc(Cl)cc12)c1ccccc1Cl. The van der Waals surface area contributed by atoms with Gasteiger partial charge in [0.2, 0.25) is 0 Å². The molecule has 0 saturated carbocycles. The molecule has 0 fully saturated rings. The molecule has 3 nitrogen and oxygen atoms in total. The summed E-state index contributed by atoms with van der Waals surface area (Å²) >= 11 is 12.0. The Morgan fingerprint density at radius 1 is 1.14 bits per heavy atom. The minimum atomic E-state index is -0.163. The second-order valence-electron chi connectivity index (χ2n) is 4.99. The highest BCUT2D eigenvalue weighted by atomic mass is 35.5. The number of amides is 1. The summed E-state index contributed by atoms with van der Waals surface area (Å²) in [7, 11) is 0. The zero-order valence-electron chi connectivity index (χ0n) is 11.7. The Bertz CT molecular complexity index is 826. The van der Waals surface area contributed by atoms with Gasteiger partial charge in [-0.2, -0.15) is 0 Å². The summed E-state index contributed by atoms with van der Waals surface area (Å²) in [6.45, 7) is 0.531. The molecule has 0 aliphatic rings. The lowest BCUT2D eigenvalue weighted by atomic mass is 10.1. The van der Waals surface area contributed by atoms with E-state index in [4.69, 9.17) is 23.2 Å².